The zero-order valence-corrected chi connectivity index (χ0v) is 8.22. The first kappa shape index (κ1) is 8.81. The van der Waals surface area contributed by atoms with E-state index in [9.17, 15) is 4.79 Å². The summed E-state index contributed by atoms with van der Waals surface area (Å²) >= 11 is 0. The van der Waals surface area contributed by atoms with Crippen LogP contribution in [-0.2, 0) is 0 Å². The highest BCUT2D eigenvalue weighted by molar-refractivity contribution is 6.06. The number of rotatable bonds is 2. The van der Waals surface area contributed by atoms with Gasteiger partial charge in [0.05, 0.1) is 11.4 Å². The van der Waals surface area contributed by atoms with Crippen LogP contribution in [-0.4, -0.2) is 15.8 Å². The molecule has 0 aliphatic rings. The predicted octanol–water partition coefficient (Wildman–Crippen LogP) is 2.19. The zero-order valence-electron chi connectivity index (χ0n) is 8.22. The molecule has 72 valence electrons. The number of aryl methyl sites for hydroxylation is 2. The quantitative estimate of drug-likeness (QED) is 0.697. The highest BCUT2D eigenvalue weighted by atomic mass is 16.1. The monoisotopic (exact) mass is 188 g/mol. The molecule has 2 rings (SSSR count). The number of aromatic amines is 2. The van der Waals surface area contributed by atoms with Crippen LogP contribution in [0.25, 0.3) is 0 Å². The van der Waals surface area contributed by atoms with Gasteiger partial charge in [0.2, 0.25) is 5.78 Å². The zero-order chi connectivity index (χ0) is 10.1. The first-order chi connectivity index (χ1) is 6.66. The van der Waals surface area contributed by atoms with E-state index in [1.807, 2.05) is 26.0 Å². The van der Waals surface area contributed by atoms with Crippen molar-refractivity contribution in [2.24, 2.45) is 0 Å². The second-order valence-electron chi connectivity index (χ2n) is 3.44. The van der Waals surface area contributed by atoms with Crippen LogP contribution in [0.1, 0.15) is 27.6 Å². The number of carbonyl (C=O) groups excluding carboxylic acids is 1. The molecule has 0 aliphatic carbocycles. The topological polar surface area (TPSA) is 48.6 Å². The number of H-pyrrole nitrogens is 2. The molecule has 0 aliphatic heterocycles. The molecule has 2 aromatic rings. The van der Waals surface area contributed by atoms with Gasteiger partial charge in [-0.15, -0.1) is 0 Å². The molecule has 0 saturated carbocycles. The molecule has 3 nitrogen and oxygen atoms in total. The number of nitrogens with one attached hydrogen (secondary N) is 2. The summed E-state index contributed by atoms with van der Waals surface area (Å²) in [6.45, 7) is 3.85. The molecule has 0 fully saturated rings. The third-order valence-corrected chi connectivity index (χ3v) is 2.15. The Bertz CT molecular complexity index is 423. The van der Waals surface area contributed by atoms with E-state index in [2.05, 4.69) is 9.97 Å². The number of ketones is 1. The lowest BCUT2D eigenvalue weighted by Crippen LogP contribution is -2.02. The number of carbonyl (C=O) groups is 1. The lowest BCUT2D eigenvalue weighted by Gasteiger charge is -1.94. The molecular formula is C11H12N2O. The second kappa shape index (κ2) is 3.18. The molecule has 2 aromatic heterocycles. The number of hydrogen-bond donors (Lipinski definition) is 2. The summed E-state index contributed by atoms with van der Waals surface area (Å²) in [5.41, 5.74) is 3.25. The van der Waals surface area contributed by atoms with Crippen LogP contribution in [0.4, 0.5) is 0 Å². The van der Waals surface area contributed by atoms with Gasteiger partial charge in [-0.3, -0.25) is 4.79 Å². The van der Waals surface area contributed by atoms with Crippen LogP contribution < -0.4 is 0 Å². The summed E-state index contributed by atoms with van der Waals surface area (Å²) in [5.74, 6) is 0.00574. The van der Waals surface area contributed by atoms with Crippen molar-refractivity contribution in [3.8, 4) is 0 Å². The van der Waals surface area contributed by atoms with Crippen LogP contribution in [0.15, 0.2) is 24.3 Å². The van der Waals surface area contributed by atoms with Crippen molar-refractivity contribution in [3.05, 3.63) is 47.0 Å². The van der Waals surface area contributed by atoms with Crippen molar-refractivity contribution in [2.75, 3.05) is 0 Å². The molecule has 14 heavy (non-hydrogen) atoms. The van der Waals surface area contributed by atoms with Gasteiger partial charge < -0.3 is 9.97 Å². The third-order valence-electron chi connectivity index (χ3n) is 2.15. The maximum atomic E-state index is 11.8. The molecule has 2 N–H and O–H groups in total. The van der Waals surface area contributed by atoms with E-state index in [0.717, 1.165) is 11.4 Å². The Hall–Kier alpha value is -1.77. The minimum atomic E-state index is 0.00574. The smallest absolute Gasteiger partial charge is 0.225 e. The molecule has 0 unspecified atom stereocenters. The van der Waals surface area contributed by atoms with Crippen molar-refractivity contribution in [3.63, 3.8) is 0 Å². The molecule has 0 amide bonds. The normalized spacial score (nSPS) is 10.4. The van der Waals surface area contributed by atoms with Gasteiger partial charge in [0.15, 0.2) is 0 Å². The predicted molar refractivity (Wildman–Crippen MR) is 54.5 cm³/mol. The summed E-state index contributed by atoms with van der Waals surface area (Å²) in [7, 11) is 0. The van der Waals surface area contributed by atoms with E-state index >= 15 is 0 Å². The van der Waals surface area contributed by atoms with Crippen LogP contribution in [0.5, 0.6) is 0 Å². The van der Waals surface area contributed by atoms with Crippen molar-refractivity contribution in [1.82, 2.24) is 9.97 Å². The number of aromatic nitrogens is 2. The highest BCUT2D eigenvalue weighted by Crippen LogP contribution is 2.09. The van der Waals surface area contributed by atoms with E-state index in [-0.39, 0.29) is 5.78 Å². The molecule has 3 heteroatoms. The largest absolute Gasteiger partial charge is 0.356 e. The summed E-state index contributed by atoms with van der Waals surface area (Å²) in [5, 5.41) is 0. The second-order valence-corrected chi connectivity index (χ2v) is 3.44. The summed E-state index contributed by atoms with van der Waals surface area (Å²) in [4.78, 5) is 17.8. The Morgan fingerprint density at radius 3 is 1.64 bits per heavy atom. The molecule has 0 saturated heterocycles. The minimum absolute atomic E-state index is 0.00574. The highest BCUT2D eigenvalue weighted by Gasteiger charge is 2.11. The molecule has 0 radical (unpaired) electrons. The van der Waals surface area contributed by atoms with Crippen molar-refractivity contribution in [2.45, 2.75) is 13.8 Å². The van der Waals surface area contributed by atoms with Crippen molar-refractivity contribution >= 4 is 5.78 Å². The van der Waals surface area contributed by atoms with Crippen LogP contribution in [0, 0.1) is 13.8 Å². The van der Waals surface area contributed by atoms with Crippen molar-refractivity contribution in [1.29, 1.82) is 0 Å². The van der Waals surface area contributed by atoms with Gasteiger partial charge in [-0.05, 0) is 38.1 Å². The van der Waals surface area contributed by atoms with Gasteiger partial charge in [0.1, 0.15) is 0 Å². The lowest BCUT2D eigenvalue weighted by molar-refractivity contribution is 0.103. The SMILES string of the molecule is Cc1ccc(C(=O)c2ccc(C)[nH]2)[nH]1. The fourth-order valence-electron chi connectivity index (χ4n) is 1.42. The van der Waals surface area contributed by atoms with Crippen molar-refractivity contribution < 1.29 is 4.79 Å². The lowest BCUT2D eigenvalue weighted by atomic mass is 10.2. The molecule has 0 atom stereocenters. The maximum Gasteiger partial charge on any atom is 0.225 e. The van der Waals surface area contributed by atoms with Gasteiger partial charge in [0, 0.05) is 11.4 Å². The standard InChI is InChI=1S/C11H12N2O/c1-7-3-5-9(12-7)11(14)10-6-4-8(2)13-10/h3-6,12-13H,1-2H3. The van der Waals surface area contributed by atoms with E-state index in [1.54, 1.807) is 12.1 Å². The Balaban J connectivity index is 2.33. The first-order valence-corrected chi connectivity index (χ1v) is 4.53. The fourth-order valence-corrected chi connectivity index (χ4v) is 1.42. The maximum absolute atomic E-state index is 11.8. The van der Waals surface area contributed by atoms with Gasteiger partial charge in [0.25, 0.3) is 0 Å². The Morgan fingerprint density at radius 1 is 0.929 bits per heavy atom. The average Bonchev–Trinajstić information content (AvgIpc) is 2.73. The molecular weight excluding hydrogens is 176 g/mol. The first-order valence-electron chi connectivity index (χ1n) is 4.53. The summed E-state index contributed by atoms with van der Waals surface area (Å²) < 4.78 is 0. The molecule has 2 heterocycles. The van der Waals surface area contributed by atoms with Gasteiger partial charge in [-0.25, -0.2) is 0 Å². The number of hydrogen-bond acceptors (Lipinski definition) is 1. The van der Waals surface area contributed by atoms with Crippen LogP contribution in [0.2, 0.25) is 0 Å². The van der Waals surface area contributed by atoms with Crippen LogP contribution >= 0.6 is 0 Å². The average molecular weight is 188 g/mol. The Labute approximate surface area is 82.2 Å². The molecule has 0 spiro atoms. The van der Waals surface area contributed by atoms with E-state index in [4.69, 9.17) is 0 Å². The Kier molecular flexibility index (Phi) is 2.00. The van der Waals surface area contributed by atoms with Crippen LogP contribution in [0.3, 0.4) is 0 Å². The van der Waals surface area contributed by atoms with E-state index < -0.39 is 0 Å². The molecule has 0 bridgehead atoms. The van der Waals surface area contributed by atoms with E-state index in [0.29, 0.717) is 11.4 Å². The summed E-state index contributed by atoms with van der Waals surface area (Å²) in [6, 6.07) is 7.38. The summed E-state index contributed by atoms with van der Waals surface area (Å²) in [6.07, 6.45) is 0. The Morgan fingerprint density at radius 2 is 1.36 bits per heavy atom. The third kappa shape index (κ3) is 1.48. The van der Waals surface area contributed by atoms with Gasteiger partial charge in [-0.1, -0.05) is 0 Å². The van der Waals surface area contributed by atoms with Gasteiger partial charge in [-0.2, -0.15) is 0 Å². The molecule has 0 aromatic carbocycles. The van der Waals surface area contributed by atoms with Gasteiger partial charge >= 0.3 is 0 Å². The minimum Gasteiger partial charge on any atom is -0.356 e. The fraction of sp³-hybridized carbons (Fsp3) is 0.182. The van der Waals surface area contributed by atoms with E-state index in [1.165, 1.54) is 0 Å².